The molecule has 0 spiro atoms. The Hall–Kier alpha value is -4.33. The van der Waals surface area contributed by atoms with Gasteiger partial charge in [0.05, 0.1) is 31.3 Å². The third-order valence-corrected chi connectivity index (χ3v) is 4.90. The molecule has 4 rings (SSSR count). The van der Waals surface area contributed by atoms with Crippen molar-refractivity contribution in [1.82, 2.24) is 9.38 Å². The third kappa shape index (κ3) is 4.24. The number of pyridine rings is 1. The van der Waals surface area contributed by atoms with Crippen LogP contribution in [0.15, 0.2) is 67.0 Å². The van der Waals surface area contributed by atoms with Crippen LogP contribution in [0.2, 0.25) is 0 Å². The molecular weight excluding hydrogens is 408 g/mol. The van der Waals surface area contributed by atoms with Crippen LogP contribution in [-0.4, -0.2) is 35.4 Å². The van der Waals surface area contributed by atoms with Crippen LogP contribution < -0.4 is 20.1 Å². The van der Waals surface area contributed by atoms with Gasteiger partial charge >= 0.3 is 0 Å². The van der Waals surface area contributed by atoms with Crippen molar-refractivity contribution in [3.8, 4) is 11.5 Å². The summed E-state index contributed by atoms with van der Waals surface area (Å²) >= 11 is 0. The molecule has 0 fully saturated rings. The molecule has 0 saturated carbocycles. The normalized spacial score (nSPS) is 10.6. The number of hydrogen-bond acceptors (Lipinski definition) is 5. The van der Waals surface area contributed by atoms with Gasteiger partial charge in [-0.15, -0.1) is 0 Å². The number of nitrogens with zero attached hydrogens (tertiary/aromatic N) is 2. The van der Waals surface area contributed by atoms with Gasteiger partial charge in [0.1, 0.15) is 17.1 Å². The summed E-state index contributed by atoms with van der Waals surface area (Å²) < 4.78 is 12.7. The number of benzene rings is 2. The number of methoxy groups -OCH3 is 2. The van der Waals surface area contributed by atoms with Gasteiger partial charge in [-0.05, 0) is 31.2 Å². The summed E-state index contributed by atoms with van der Waals surface area (Å²) in [4.78, 5) is 29.8. The van der Waals surface area contributed by atoms with Crippen molar-refractivity contribution in [2.45, 2.75) is 6.92 Å². The molecule has 4 aromatic rings. The molecule has 0 saturated heterocycles. The van der Waals surface area contributed by atoms with E-state index in [1.807, 2.05) is 23.6 Å². The number of anilines is 2. The van der Waals surface area contributed by atoms with Crippen LogP contribution >= 0.6 is 0 Å². The minimum absolute atomic E-state index is 0.286. The van der Waals surface area contributed by atoms with Gasteiger partial charge < -0.3 is 24.5 Å². The van der Waals surface area contributed by atoms with Gasteiger partial charge in [0.2, 0.25) is 0 Å². The van der Waals surface area contributed by atoms with Crippen LogP contribution in [-0.2, 0) is 0 Å². The smallest absolute Gasteiger partial charge is 0.255 e. The molecule has 0 aliphatic carbocycles. The zero-order valence-corrected chi connectivity index (χ0v) is 17.9. The molecule has 0 radical (unpaired) electrons. The summed E-state index contributed by atoms with van der Waals surface area (Å²) in [6.07, 6.45) is 3.66. The highest BCUT2D eigenvalue weighted by Gasteiger charge is 2.17. The zero-order valence-electron chi connectivity index (χ0n) is 17.9. The average molecular weight is 430 g/mol. The molecule has 2 heterocycles. The number of imidazole rings is 1. The van der Waals surface area contributed by atoms with E-state index in [4.69, 9.17) is 9.47 Å². The highest BCUT2D eigenvalue weighted by Crippen LogP contribution is 2.37. The number of ether oxygens (including phenoxy) is 2. The molecule has 162 valence electrons. The lowest BCUT2D eigenvalue weighted by atomic mass is 10.2. The Labute approximate surface area is 184 Å². The summed E-state index contributed by atoms with van der Waals surface area (Å²) in [6, 6.07) is 15.5. The lowest BCUT2D eigenvalue weighted by molar-refractivity contribution is 0.101. The van der Waals surface area contributed by atoms with E-state index in [9.17, 15) is 9.59 Å². The monoisotopic (exact) mass is 430 g/mol. The lowest BCUT2D eigenvalue weighted by Gasteiger charge is -2.16. The maximum Gasteiger partial charge on any atom is 0.255 e. The molecular formula is C24H22N4O4. The molecule has 0 unspecified atom stereocenters. The molecule has 0 bridgehead atoms. The first-order valence-electron chi connectivity index (χ1n) is 9.87. The second kappa shape index (κ2) is 8.81. The van der Waals surface area contributed by atoms with Crippen molar-refractivity contribution in [3.05, 3.63) is 83.8 Å². The molecule has 8 nitrogen and oxygen atoms in total. The van der Waals surface area contributed by atoms with E-state index >= 15 is 0 Å². The number of aryl methyl sites for hydroxylation is 1. The van der Waals surface area contributed by atoms with Crippen LogP contribution in [0.5, 0.6) is 11.5 Å². The van der Waals surface area contributed by atoms with Gasteiger partial charge in [-0.25, -0.2) is 4.98 Å². The van der Waals surface area contributed by atoms with E-state index in [0.29, 0.717) is 39.6 Å². The van der Waals surface area contributed by atoms with E-state index in [0.717, 1.165) is 5.69 Å². The highest BCUT2D eigenvalue weighted by atomic mass is 16.5. The number of carbonyl (C=O) groups is 2. The summed E-state index contributed by atoms with van der Waals surface area (Å²) in [6.45, 7) is 1.89. The van der Waals surface area contributed by atoms with E-state index in [1.54, 1.807) is 54.7 Å². The van der Waals surface area contributed by atoms with Crippen LogP contribution in [0.4, 0.5) is 11.4 Å². The molecule has 2 aromatic carbocycles. The van der Waals surface area contributed by atoms with Crippen molar-refractivity contribution in [3.63, 3.8) is 0 Å². The topological polar surface area (TPSA) is 94.0 Å². The van der Waals surface area contributed by atoms with E-state index in [1.165, 1.54) is 14.2 Å². The van der Waals surface area contributed by atoms with Gasteiger partial charge in [0.15, 0.2) is 0 Å². The van der Waals surface area contributed by atoms with Crippen LogP contribution in [0.3, 0.4) is 0 Å². The summed E-state index contributed by atoms with van der Waals surface area (Å²) in [5.41, 5.74) is 3.33. The Morgan fingerprint density at radius 2 is 1.44 bits per heavy atom. The molecule has 0 atom stereocenters. The number of nitrogens with one attached hydrogen (secondary N) is 2. The van der Waals surface area contributed by atoms with Crippen LogP contribution in [0.25, 0.3) is 5.65 Å². The lowest BCUT2D eigenvalue weighted by Crippen LogP contribution is -2.15. The van der Waals surface area contributed by atoms with E-state index in [2.05, 4.69) is 15.6 Å². The highest BCUT2D eigenvalue weighted by molar-refractivity contribution is 6.07. The Kier molecular flexibility index (Phi) is 5.76. The largest absolute Gasteiger partial charge is 0.494 e. The van der Waals surface area contributed by atoms with Gasteiger partial charge in [0.25, 0.3) is 11.8 Å². The molecule has 32 heavy (non-hydrogen) atoms. The maximum absolute atomic E-state index is 12.9. The number of aromatic nitrogens is 2. The fraction of sp³-hybridized carbons (Fsp3) is 0.125. The molecule has 2 amide bonds. The van der Waals surface area contributed by atoms with Crippen molar-refractivity contribution >= 4 is 28.8 Å². The number of amides is 2. The predicted molar refractivity (Wildman–Crippen MR) is 122 cm³/mol. The standard InChI is InChI=1S/C24H22N4O4/c1-15-14-28-10-9-17(11-22(28)25-15)24(30)27-19-13-20(31-2)18(12-21(19)32-3)26-23(29)16-7-5-4-6-8-16/h4-14H,1-3H3,(H,26,29)(H,27,30). The van der Waals surface area contributed by atoms with Gasteiger partial charge in [0, 0.05) is 35.7 Å². The van der Waals surface area contributed by atoms with Crippen molar-refractivity contribution in [1.29, 1.82) is 0 Å². The van der Waals surface area contributed by atoms with Gasteiger partial charge in [-0.2, -0.15) is 0 Å². The maximum atomic E-state index is 12.9. The van der Waals surface area contributed by atoms with Gasteiger partial charge in [-0.1, -0.05) is 18.2 Å². The SMILES string of the molecule is COc1cc(NC(=O)c2ccn3cc(C)nc3c2)c(OC)cc1NC(=O)c1ccccc1. The quantitative estimate of drug-likeness (QED) is 0.479. The number of carbonyl (C=O) groups excluding carboxylic acids is 2. The predicted octanol–water partition coefficient (Wildman–Crippen LogP) is 4.16. The minimum atomic E-state index is -0.324. The van der Waals surface area contributed by atoms with Crippen molar-refractivity contribution in [2.24, 2.45) is 0 Å². The second-order valence-electron chi connectivity index (χ2n) is 7.09. The Bertz CT molecular complexity index is 1300. The van der Waals surface area contributed by atoms with Crippen LogP contribution in [0.1, 0.15) is 26.4 Å². The molecule has 2 N–H and O–H groups in total. The average Bonchev–Trinajstić information content (AvgIpc) is 3.19. The first-order chi connectivity index (χ1) is 15.5. The van der Waals surface area contributed by atoms with E-state index in [-0.39, 0.29) is 11.8 Å². The molecule has 8 heteroatoms. The summed E-state index contributed by atoms with van der Waals surface area (Å²) in [7, 11) is 2.97. The molecule has 0 aliphatic rings. The van der Waals surface area contributed by atoms with Crippen molar-refractivity contribution < 1.29 is 19.1 Å². The van der Waals surface area contributed by atoms with Crippen molar-refractivity contribution in [2.75, 3.05) is 24.9 Å². The van der Waals surface area contributed by atoms with E-state index < -0.39 is 0 Å². The minimum Gasteiger partial charge on any atom is -0.494 e. The Morgan fingerprint density at radius 3 is 2.03 bits per heavy atom. The van der Waals surface area contributed by atoms with Gasteiger partial charge in [-0.3, -0.25) is 9.59 Å². The third-order valence-electron chi connectivity index (χ3n) is 4.90. The first kappa shape index (κ1) is 20.9. The fourth-order valence-corrected chi connectivity index (χ4v) is 3.32. The second-order valence-corrected chi connectivity index (χ2v) is 7.09. The molecule has 0 aliphatic heterocycles. The summed E-state index contributed by atoms with van der Waals surface area (Å²) in [5, 5.41) is 5.66. The van der Waals surface area contributed by atoms with Crippen LogP contribution in [0, 0.1) is 6.92 Å². The Balaban J connectivity index is 1.60. The Morgan fingerprint density at radius 1 is 0.844 bits per heavy atom. The number of fused-ring (bicyclic) bond motifs is 1. The number of hydrogen-bond donors (Lipinski definition) is 2. The summed E-state index contributed by atoms with van der Waals surface area (Å²) in [5.74, 6) is 0.144. The zero-order chi connectivity index (χ0) is 22.7. The number of rotatable bonds is 6. The fourth-order valence-electron chi connectivity index (χ4n) is 3.32. The first-order valence-corrected chi connectivity index (χ1v) is 9.87. The molecule has 2 aromatic heterocycles.